The van der Waals surface area contributed by atoms with Crippen LogP contribution in [-0.2, 0) is 10.1 Å². The van der Waals surface area contributed by atoms with Gasteiger partial charge in [-0.05, 0) is 26.1 Å². The Bertz CT molecular complexity index is 488. The SMILES string of the molecule is CNCCC(O)C(O)c1ccccc1S(=O)(=O)O. The molecule has 0 fully saturated rings. The lowest BCUT2D eigenvalue weighted by Gasteiger charge is -2.19. The minimum absolute atomic E-state index is 0.0106. The van der Waals surface area contributed by atoms with Crippen LogP contribution in [0.1, 0.15) is 18.1 Å². The van der Waals surface area contributed by atoms with Crippen molar-refractivity contribution >= 4 is 10.1 Å². The molecule has 7 heteroatoms. The highest BCUT2D eigenvalue weighted by atomic mass is 32.2. The summed E-state index contributed by atoms with van der Waals surface area (Å²) in [6, 6.07) is 5.49. The summed E-state index contributed by atoms with van der Waals surface area (Å²) in [5.74, 6) is 0. The molecule has 102 valence electrons. The lowest BCUT2D eigenvalue weighted by Crippen LogP contribution is -2.24. The maximum atomic E-state index is 11.1. The first-order valence-electron chi connectivity index (χ1n) is 5.45. The maximum Gasteiger partial charge on any atom is 0.294 e. The van der Waals surface area contributed by atoms with Crippen LogP contribution in [-0.4, -0.2) is 42.9 Å². The molecule has 2 atom stereocenters. The maximum absolute atomic E-state index is 11.1. The Hall–Kier alpha value is -0.990. The number of benzene rings is 1. The fraction of sp³-hybridized carbons (Fsp3) is 0.455. The van der Waals surface area contributed by atoms with Crippen LogP contribution in [0.15, 0.2) is 29.2 Å². The molecule has 0 saturated heterocycles. The first-order valence-corrected chi connectivity index (χ1v) is 6.89. The molecule has 1 rings (SSSR count). The summed E-state index contributed by atoms with van der Waals surface area (Å²) >= 11 is 0. The molecule has 0 spiro atoms. The van der Waals surface area contributed by atoms with Crippen LogP contribution in [0, 0.1) is 0 Å². The summed E-state index contributed by atoms with van der Waals surface area (Å²) in [5, 5.41) is 22.4. The lowest BCUT2D eigenvalue weighted by molar-refractivity contribution is 0.0123. The van der Waals surface area contributed by atoms with Crippen molar-refractivity contribution < 1.29 is 23.2 Å². The van der Waals surface area contributed by atoms with E-state index < -0.39 is 22.3 Å². The molecule has 0 aromatic heterocycles. The molecule has 1 aromatic rings. The van der Waals surface area contributed by atoms with E-state index in [4.69, 9.17) is 4.55 Å². The highest BCUT2D eigenvalue weighted by molar-refractivity contribution is 7.85. The van der Waals surface area contributed by atoms with Crippen molar-refractivity contribution in [2.75, 3.05) is 13.6 Å². The average Bonchev–Trinajstić information content (AvgIpc) is 2.34. The second-order valence-electron chi connectivity index (χ2n) is 3.92. The normalized spacial score (nSPS) is 15.3. The first-order chi connectivity index (χ1) is 8.38. The third-order valence-corrected chi connectivity index (χ3v) is 3.50. The van der Waals surface area contributed by atoms with Crippen molar-refractivity contribution in [3.8, 4) is 0 Å². The van der Waals surface area contributed by atoms with Crippen molar-refractivity contribution in [1.82, 2.24) is 5.32 Å². The van der Waals surface area contributed by atoms with Crippen molar-refractivity contribution in [2.45, 2.75) is 23.5 Å². The number of nitrogens with one attached hydrogen (secondary N) is 1. The zero-order valence-electron chi connectivity index (χ0n) is 9.94. The number of rotatable bonds is 6. The first kappa shape index (κ1) is 15.1. The van der Waals surface area contributed by atoms with Crippen molar-refractivity contribution in [2.24, 2.45) is 0 Å². The highest BCUT2D eigenvalue weighted by Crippen LogP contribution is 2.25. The Morgan fingerprint density at radius 3 is 2.44 bits per heavy atom. The minimum Gasteiger partial charge on any atom is -0.390 e. The molecular formula is C11H17NO5S. The van der Waals surface area contributed by atoms with E-state index in [1.54, 1.807) is 7.05 Å². The van der Waals surface area contributed by atoms with Gasteiger partial charge in [0.1, 0.15) is 6.10 Å². The molecule has 6 nitrogen and oxygen atoms in total. The van der Waals surface area contributed by atoms with E-state index in [-0.39, 0.29) is 16.9 Å². The molecule has 0 bridgehead atoms. The minimum atomic E-state index is -4.42. The number of hydrogen-bond acceptors (Lipinski definition) is 5. The van der Waals surface area contributed by atoms with Crippen molar-refractivity contribution in [1.29, 1.82) is 0 Å². The Labute approximate surface area is 106 Å². The van der Waals surface area contributed by atoms with Crippen LogP contribution in [0.25, 0.3) is 0 Å². The van der Waals surface area contributed by atoms with Crippen LogP contribution in [0.4, 0.5) is 0 Å². The smallest absolute Gasteiger partial charge is 0.294 e. The summed E-state index contributed by atoms with van der Waals surface area (Å²) < 4.78 is 31.3. The van der Waals surface area contributed by atoms with Crippen molar-refractivity contribution in [3.05, 3.63) is 29.8 Å². The molecule has 0 aliphatic heterocycles. The van der Waals surface area contributed by atoms with E-state index in [2.05, 4.69) is 5.32 Å². The van der Waals surface area contributed by atoms with Gasteiger partial charge in [0.25, 0.3) is 10.1 Å². The van der Waals surface area contributed by atoms with Crippen LogP contribution in [0.3, 0.4) is 0 Å². The molecule has 0 radical (unpaired) electrons. The average molecular weight is 275 g/mol. The van der Waals surface area contributed by atoms with Gasteiger partial charge in [-0.15, -0.1) is 0 Å². The Balaban J connectivity index is 3.02. The monoisotopic (exact) mass is 275 g/mol. The Morgan fingerprint density at radius 2 is 1.89 bits per heavy atom. The van der Waals surface area contributed by atoms with E-state index in [1.165, 1.54) is 24.3 Å². The van der Waals surface area contributed by atoms with Gasteiger partial charge in [0.05, 0.1) is 11.0 Å². The van der Waals surface area contributed by atoms with Gasteiger partial charge in [-0.1, -0.05) is 18.2 Å². The van der Waals surface area contributed by atoms with E-state index in [0.29, 0.717) is 6.54 Å². The van der Waals surface area contributed by atoms with Gasteiger partial charge in [-0.25, -0.2) is 0 Å². The molecule has 0 aliphatic carbocycles. The van der Waals surface area contributed by atoms with Gasteiger partial charge in [-0.2, -0.15) is 8.42 Å². The highest BCUT2D eigenvalue weighted by Gasteiger charge is 2.24. The van der Waals surface area contributed by atoms with Crippen molar-refractivity contribution in [3.63, 3.8) is 0 Å². The largest absolute Gasteiger partial charge is 0.390 e. The third-order valence-electron chi connectivity index (χ3n) is 2.57. The van der Waals surface area contributed by atoms with Crippen LogP contribution in [0.5, 0.6) is 0 Å². The quantitative estimate of drug-likeness (QED) is 0.542. The summed E-state index contributed by atoms with van der Waals surface area (Å²) in [6.45, 7) is 0.478. The molecular weight excluding hydrogens is 258 g/mol. The number of aliphatic hydroxyl groups excluding tert-OH is 2. The molecule has 4 N–H and O–H groups in total. The second-order valence-corrected chi connectivity index (χ2v) is 5.31. The van der Waals surface area contributed by atoms with Gasteiger partial charge in [0.15, 0.2) is 0 Å². The predicted octanol–water partition coefficient (Wildman–Crippen LogP) is -0.0629. The third kappa shape index (κ3) is 3.76. The van der Waals surface area contributed by atoms with Gasteiger partial charge >= 0.3 is 0 Å². The summed E-state index contributed by atoms with van der Waals surface area (Å²) in [7, 11) is -2.72. The van der Waals surface area contributed by atoms with Crippen LogP contribution in [0.2, 0.25) is 0 Å². The fourth-order valence-electron chi connectivity index (χ4n) is 1.62. The Morgan fingerprint density at radius 1 is 1.28 bits per heavy atom. The summed E-state index contributed by atoms with van der Waals surface area (Å²) in [5.41, 5.74) is -0.0106. The number of hydrogen-bond donors (Lipinski definition) is 4. The van der Waals surface area contributed by atoms with E-state index in [9.17, 15) is 18.6 Å². The molecule has 0 aliphatic rings. The molecule has 18 heavy (non-hydrogen) atoms. The topological polar surface area (TPSA) is 107 Å². The molecule has 0 amide bonds. The van der Waals surface area contributed by atoms with E-state index >= 15 is 0 Å². The van der Waals surface area contributed by atoms with Gasteiger partial charge in [-0.3, -0.25) is 4.55 Å². The number of aliphatic hydroxyl groups is 2. The summed E-state index contributed by atoms with van der Waals surface area (Å²) in [4.78, 5) is -0.388. The van der Waals surface area contributed by atoms with Gasteiger partial charge in [0, 0.05) is 5.56 Å². The molecule has 1 aromatic carbocycles. The van der Waals surface area contributed by atoms with E-state index in [1.807, 2.05) is 0 Å². The molecule has 2 unspecified atom stereocenters. The Kier molecular flexibility index (Phi) is 5.24. The van der Waals surface area contributed by atoms with E-state index in [0.717, 1.165) is 0 Å². The fourth-order valence-corrected chi connectivity index (χ4v) is 2.35. The molecule has 0 heterocycles. The molecule has 0 saturated carbocycles. The standard InChI is InChI=1S/C11H17NO5S/c1-12-7-6-9(13)11(14)8-4-2-3-5-10(8)18(15,16)17/h2-5,9,11-14H,6-7H2,1H3,(H,15,16,17). The zero-order valence-corrected chi connectivity index (χ0v) is 10.8. The predicted molar refractivity (Wildman–Crippen MR) is 65.8 cm³/mol. The summed E-state index contributed by atoms with van der Waals surface area (Å²) in [6.07, 6.45) is -2.21. The van der Waals surface area contributed by atoms with Gasteiger partial charge in [0.2, 0.25) is 0 Å². The van der Waals surface area contributed by atoms with Crippen LogP contribution >= 0.6 is 0 Å². The lowest BCUT2D eigenvalue weighted by atomic mass is 10.0. The second kappa shape index (κ2) is 6.26. The van der Waals surface area contributed by atoms with Gasteiger partial charge < -0.3 is 15.5 Å². The zero-order chi connectivity index (χ0) is 13.8. The van der Waals surface area contributed by atoms with Crippen LogP contribution < -0.4 is 5.32 Å².